The van der Waals surface area contributed by atoms with E-state index < -0.39 is 31.3 Å². The number of ether oxygens (including phenoxy) is 1. The SMILES string of the molecule is COc1ccc(Nc2ccc(C(=O)N/N=C/c3cccc([N+](=O)[O-])c3)cc2S(=O)(=O)C(F)F)cc1. The number of carbonyl (C=O) groups is 1. The number of alkyl halides is 2. The largest absolute Gasteiger partial charge is 0.497 e. The normalized spacial score (nSPS) is 11.4. The van der Waals surface area contributed by atoms with E-state index in [2.05, 4.69) is 15.8 Å². The summed E-state index contributed by atoms with van der Waals surface area (Å²) in [6.45, 7) is 0. The Bertz CT molecular complexity index is 1380. The number of nitrogens with zero attached hydrogens (tertiary/aromatic N) is 2. The molecular weight excluding hydrogens is 486 g/mol. The van der Waals surface area contributed by atoms with Crippen molar-refractivity contribution in [2.45, 2.75) is 10.7 Å². The van der Waals surface area contributed by atoms with Crippen molar-refractivity contribution in [1.29, 1.82) is 0 Å². The van der Waals surface area contributed by atoms with Crippen LogP contribution in [0.4, 0.5) is 25.8 Å². The van der Waals surface area contributed by atoms with Gasteiger partial charge in [0.25, 0.3) is 11.6 Å². The molecule has 35 heavy (non-hydrogen) atoms. The van der Waals surface area contributed by atoms with Crippen molar-refractivity contribution >= 4 is 39.0 Å². The van der Waals surface area contributed by atoms with Crippen molar-refractivity contribution in [3.63, 3.8) is 0 Å². The lowest BCUT2D eigenvalue weighted by Gasteiger charge is -2.14. The van der Waals surface area contributed by atoms with Gasteiger partial charge in [-0.1, -0.05) is 12.1 Å². The Balaban J connectivity index is 1.86. The highest BCUT2D eigenvalue weighted by molar-refractivity contribution is 7.91. The van der Waals surface area contributed by atoms with E-state index >= 15 is 0 Å². The molecule has 3 aromatic carbocycles. The van der Waals surface area contributed by atoms with Crippen LogP contribution in [0.1, 0.15) is 15.9 Å². The number of nitro benzene ring substituents is 1. The highest BCUT2D eigenvalue weighted by atomic mass is 32.2. The lowest BCUT2D eigenvalue weighted by molar-refractivity contribution is -0.384. The molecule has 0 saturated heterocycles. The number of amides is 1. The van der Waals surface area contributed by atoms with Crippen molar-refractivity contribution in [2.75, 3.05) is 12.4 Å². The summed E-state index contributed by atoms with van der Waals surface area (Å²) in [5, 5.41) is 17.3. The van der Waals surface area contributed by atoms with Crippen LogP contribution < -0.4 is 15.5 Å². The molecule has 3 aromatic rings. The molecule has 2 N–H and O–H groups in total. The zero-order chi connectivity index (χ0) is 25.6. The van der Waals surface area contributed by atoms with E-state index in [0.717, 1.165) is 12.3 Å². The first-order valence-corrected chi connectivity index (χ1v) is 11.3. The average Bonchev–Trinajstić information content (AvgIpc) is 2.84. The van der Waals surface area contributed by atoms with Crippen LogP contribution in [0.5, 0.6) is 5.75 Å². The maximum Gasteiger partial charge on any atom is 0.341 e. The molecule has 0 bridgehead atoms. The van der Waals surface area contributed by atoms with Crippen LogP contribution >= 0.6 is 0 Å². The first-order valence-electron chi connectivity index (χ1n) is 9.77. The average molecular weight is 504 g/mol. The second-order valence-electron chi connectivity index (χ2n) is 6.92. The zero-order valence-electron chi connectivity index (χ0n) is 18.0. The summed E-state index contributed by atoms with van der Waals surface area (Å²) in [5.74, 6) is -4.06. The van der Waals surface area contributed by atoms with E-state index in [0.29, 0.717) is 17.0 Å². The van der Waals surface area contributed by atoms with Crippen LogP contribution in [0.3, 0.4) is 0 Å². The van der Waals surface area contributed by atoms with Gasteiger partial charge in [-0.25, -0.2) is 13.8 Å². The Morgan fingerprint density at radius 2 is 1.83 bits per heavy atom. The molecule has 0 aliphatic carbocycles. The van der Waals surface area contributed by atoms with Crippen molar-refractivity contribution in [3.05, 3.63) is 88.0 Å². The quantitative estimate of drug-likeness (QED) is 0.254. The standard InChI is InChI=1S/C22H18F2N4O6S/c1-34-18-8-6-16(7-9-18)26-19-10-5-15(12-20(19)35(32,33)22(23)24)21(29)27-25-13-14-3-2-4-17(11-14)28(30)31/h2-13,22,26H,1H3,(H,27,29)/b25-13+. The Morgan fingerprint density at radius 3 is 2.46 bits per heavy atom. The van der Waals surface area contributed by atoms with Gasteiger partial charge >= 0.3 is 5.76 Å². The number of rotatable bonds is 9. The minimum atomic E-state index is -5.08. The van der Waals surface area contributed by atoms with Crippen LogP contribution in [0.15, 0.2) is 76.7 Å². The Labute approximate surface area is 198 Å². The molecule has 182 valence electrons. The fourth-order valence-corrected chi connectivity index (χ4v) is 3.79. The van der Waals surface area contributed by atoms with Gasteiger partial charge in [-0.05, 0) is 42.5 Å². The molecule has 13 heteroatoms. The number of halogens is 2. The molecule has 0 spiro atoms. The zero-order valence-corrected chi connectivity index (χ0v) is 18.8. The van der Waals surface area contributed by atoms with Gasteiger partial charge in [0, 0.05) is 28.9 Å². The van der Waals surface area contributed by atoms with Crippen molar-refractivity contribution in [3.8, 4) is 5.75 Å². The molecule has 1 amide bonds. The van der Waals surface area contributed by atoms with Gasteiger partial charge in [0.2, 0.25) is 9.84 Å². The summed E-state index contributed by atoms with van der Waals surface area (Å²) >= 11 is 0. The molecular formula is C22H18F2N4O6S. The van der Waals surface area contributed by atoms with Crippen LogP contribution in [0, 0.1) is 10.1 Å². The number of methoxy groups -OCH3 is 1. The maximum absolute atomic E-state index is 13.3. The number of hydrogen-bond donors (Lipinski definition) is 2. The second-order valence-corrected chi connectivity index (χ2v) is 8.81. The predicted molar refractivity (Wildman–Crippen MR) is 124 cm³/mol. The fraction of sp³-hybridized carbons (Fsp3) is 0.0909. The number of nitro groups is 1. The van der Waals surface area contributed by atoms with Crippen molar-refractivity contribution in [1.82, 2.24) is 5.43 Å². The topological polar surface area (TPSA) is 140 Å². The molecule has 3 rings (SSSR count). The minimum absolute atomic E-state index is 0.160. The third-order valence-electron chi connectivity index (χ3n) is 4.61. The van der Waals surface area contributed by atoms with Gasteiger partial charge in [-0.2, -0.15) is 13.9 Å². The van der Waals surface area contributed by atoms with E-state index in [1.807, 2.05) is 0 Å². The predicted octanol–water partition coefficient (Wildman–Crippen LogP) is 4.11. The van der Waals surface area contributed by atoms with E-state index in [4.69, 9.17) is 4.74 Å². The summed E-state index contributed by atoms with van der Waals surface area (Å²) in [5.41, 5.74) is 2.26. The first kappa shape index (κ1) is 25.2. The number of benzene rings is 3. The monoisotopic (exact) mass is 504 g/mol. The number of non-ortho nitro benzene ring substituents is 1. The van der Waals surface area contributed by atoms with E-state index in [9.17, 15) is 32.1 Å². The number of sulfone groups is 1. The molecule has 0 aliphatic heterocycles. The van der Waals surface area contributed by atoms with Gasteiger partial charge in [0.1, 0.15) is 5.75 Å². The third-order valence-corrected chi connectivity index (χ3v) is 6.03. The molecule has 0 heterocycles. The molecule has 0 aliphatic rings. The van der Waals surface area contributed by atoms with Gasteiger partial charge in [0.15, 0.2) is 0 Å². The summed E-state index contributed by atoms with van der Waals surface area (Å²) < 4.78 is 56.2. The molecule has 0 radical (unpaired) electrons. The number of hydrogen-bond acceptors (Lipinski definition) is 8. The Hall–Kier alpha value is -4.39. The van der Waals surface area contributed by atoms with Gasteiger partial charge < -0.3 is 10.1 Å². The van der Waals surface area contributed by atoms with Crippen LogP contribution in [-0.2, 0) is 9.84 Å². The minimum Gasteiger partial charge on any atom is -0.497 e. The van der Waals surface area contributed by atoms with Crippen LogP contribution in [0.25, 0.3) is 0 Å². The second kappa shape index (κ2) is 10.7. The van der Waals surface area contributed by atoms with Gasteiger partial charge in [0.05, 0.1) is 28.8 Å². The summed E-state index contributed by atoms with van der Waals surface area (Å²) in [7, 11) is -3.61. The van der Waals surface area contributed by atoms with E-state index in [1.54, 1.807) is 24.3 Å². The molecule has 0 atom stereocenters. The summed E-state index contributed by atoms with van der Waals surface area (Å²) in [6, 6.07) is 15.0. The Morgan fingerprint density at radius 1 is 1.11 bits per heavy atom. The first-order chi connectivity index (χ1) is 16.6. The van der Waals surface area contributed by atoms with Crippen molar-refractivity contribution in [2.24, 2.45) is 5.10 Å². The summed E-state index contributed by atoms with van der Waals surface area (Å²) in [6.07, 6.45) is 1.14. The molecule has 0 aromatic heterocycles. The lowest BCUT2D eigenvalue weighted by atomic mass is 10.2. The maximum atomic E-state index is 13.3. The fourth-order valence-electron chi connectivity index (χ4n) is 2.88. The number of carbonyl (C=O) groups excluding carboxylic acids is 1. The van der Waals surface area contributed by atoms with Crippen LogP contribution in [0.2, 0.25) is 0 Å². The van der Waals surface area contributed by atoms with Gasteiger partial charge in [-0.3, -0.25) is 14.9 Å². The number of anilines is 2. The lowest BCUT2D eigenvalue weighted by Crippen LogP contribution is -2.19. The Kier molecular flexibility index (Phi) is 7.71. The van der Waals surface area contributed by atoms with Gasteiger partial charge in [-0.15, -0.1) is 0 Å². The van der Waals surface area contributed by atoms with E-state index in [1.165, 1.54) is 43.5 Å². The molecule has 0 fully saturated rings. The molecule has 0 saturated carbocycles. The van der Waals surface area contributed by atoms with Crippen molar-refractivity contribution < 1.29 is 31.7 Å². The highest BCUT2D eigenvalue weighted by Crippen LogP contribution is 2.30. The number of hydrazone groups is 1. The highest BCUT2D eigenvalue weighted by Gasteiger charge is 2.30. The van der Waals surface area contributed by atoms with E-state index in [-0.39, 0.29) is 16.9 Å². The summed E-state index contributed by atoms with van der Waals surface area (Å²) in [4.78, 5) is 21.9. The smallest absolute Gasteiger partial charge is 0.341 e. The molecule has 0 unspecified atom stereocenters. The molecule has 10 nitrogen and oxygen atoms in total. The number of nitrogens with one attached hydrogen (secondary N) is 2. The third kappa shape index (κ3) is 6.14. The van der Waals surface area contributed by atoms with Crippen LogP contribution in [-0.4, -0.2) is 38.3 Å².